The van der Waals surface area contributed by atoms with Crippen molar-refractivity contribution in [1.29, 1.82) is 0 Å². The molecule has 0 atom stereocenters. The van der Waals surface area contributed by atoms with Gasteiger partial charge in [0, 0.05) is 13.1 Å². The summed E-state index contributed by atoms with van der Waals surface area (Å²) in [5, 5.41) is 0. The van der Waals surface area contributed by atoms with Gasteiger partial charge in [0.1, 0.15) is 0 Å². The van der Waals surface area contributed by atoms with E-state index >= 15 is 0 Å². The summed E-state index contributed by atoms with van der Waals surface area (Å²) in [5.41, 5.74) is 1.07. The standard InChI is InChI=1S/C7H7.C6H16N2.Li/c1-7-5-3-2-4-6-7;1-7(2)5-6-8(3)4;/h2-6H,1H2;5-6H2,1-4H3;/q-1;;+1. The van der Waals surface area contributed by atoms with Gasteiger partial charge in [0.15, 0.2) is 0 Å². The van der Waals surface area contributed by atoms with E-state index in [0.29, 0.717) is 0 Å². The van der Waals surface area contributed by atoms with E-state index in [9.17, 15) is 0 Å². The number of likely N-dealkylation sites (N-methyl/N-ethyl adjacent to an activating group) is 2. The smallest absolute Gasteiger partial charge is 0.308 e. The third-order valence-corrected chi connectivity index (χ3v) is 1.84. The first-order valence-corrected chi connectivity index (χ1v) is 5.19. The molecule has 0 amide bonds. The summed E-state index contributed by atoms with van der Waals surface area (Å²) in [6, 6.07) is 9.87. The summed E-state index contributed by atoms with van der Waals surface area (Å²) >= 11 is 0. The second-order valence-corrected chi connectivity index (χ2v) is 4.09. The van der Waals surface area contributed by atoms with Crippen LogP contribution in [0.5, 0.6) is 0 Å². The molecule has 0 saturated carbocycles. The molecule has 16 heavy (non-hydrogen) atoms. The zero-order valence-corrected chi connectivity index (χ0v) is 11.4. The number of benzene rings is 1. The van der Waals surface area contributed by atoms with Gasteiger partial charge >= 0.3 is 18.9 Å². The van der Waals surface area contributed by atoms with Crippen molar-refractivity contribution < 1.29 is 18.9 Å². The van der Waals surface area contributed by atoms with Crippen molar-refractivity contribution in [2.75, 3.05) is 41.3 Å². The molecule has 86 valence electrons. The molecule has 0 unspecified atom stereocenters. The van der Waals surface area contributed by atoms with Crippen molar-refractivity contribution >= 4 is 0 Å². The van der Waals surface area contributed by atoms with Gasteiger partial charge < -0.3 is 9.80 Å². The zero-order chi connectivity index (χ0) is 11.7. The predicted octanol–water partition coefficient (Wildman–Crippen LogP) is -1.02. The monoisotopic (exact) mass is 214 g/mol. The molecule has 0 radical (unpaired) electrons. The number of hydrogen-bond donors (Lipinski definition) is 0. The average Bonchev–Trinajstić information content (AvgIpc) is 2.17. The van der Waals surface area contributed by atoms with Gasteiger partial charge in [-0.05, 0) is 28.2 Å². The molecule has 2 nitrogen and oxygen atoms in total. The largest absolute Gasteiger partial charge is 1.00 e. The predicted molar refractivity (Wildman–Crippen MR) is 68.0 cm³/mol. The van der Waals surface area contributed by atoms with Crippen LogP contribution in [0.1, 0.15) is 5.56 Å². The van der Waals surface area contributed by atoms with Gasteiger partial charge in [-0.2, -0.15) is 24.6 Å². The maximum Gasteiger partial charge on any atom is 1.00 e. The Morgan fingerprint density at radius 2 is 1.25 bits per heavy atom. The van der Waals surface area contributed by atoms with E-state index in [-0.39, 0.29) is 18.9 Å². The van der Waals surface area contributed by atoms with Crippen LogP contribution < -0.4 is 18.9 Å². The third kappa shape index (κ3) is 13.6. The molecular weight excluding hydrogens is 191 g/mol. The van der Waals surface area contributed by atoms with E-state index < -0.39 is 0 Å². The molecule has 1 aromatic carbocycles. The summed E-state index contributed by atoms with van der Waals surface area (Å²) in [4.78, 5) is 4.36. The molecule has 0 fully saturated rings. The molecule has 0 aliphatic rings. The van der Waals surface area contributed by atoms with E-state index in [1.54, 1.807) is 0 Å². The molecule has 0 N–H and O–H groups in total. The molecule has 1 aromatic rings. The van der Waals surface area contributed by atoms with Gasteiger partial charge in [0.2, 0.25) is 0 Å². The first kappa shape index (κ1) is 18.0. The maximum atomic E-state index is 3.72. The van der Waals surface area contributed by atoms with Crippen molar-refractivity contribution in [2.45, 2.75) is 0 Å². The van der Waals surface area contributed by atoms with Crippen LogP contribution in [0.3, 0.4) is 0 Å². The quantitative estimate of drug-likeness (QED) is 0.469. The van der Waals surface area contributed by atoms with Crippen molar-refractivity contribution in [3.63, 3.8) is 0 Å². The van der Waals surface area contributed by atoms with Crippen LogP contribution in [0.15, 0.2) is 30.3 Å². The zero-order valence-electron chi connectivity index (χ0n) is 11.4. The Labute approximate surface area is 113 Å². The molecular formula is C13H23LiN2. The second kappa shape index (κ2) is 11.1. The van der Waals surface area contributed by atoms with E-state index in [0.717, 1.165) is 18.7 Å². The van der Waals surface area contributed by atoms with Crippen molar-refractivity contribution in [3.8, 4) is 0 Å². The Kier molecular flexibility index (Phi) is 12.5. The van der Waals surface area contributed by atoms with Crippen LogP contribution in [-0.2, 0) is 0 Å². The topological polar surface area (TPSA) is 6.48 Å². The summed E-state index contributed by atoms with van der Waals surface area (Å²) < 4.78 is 0. The molecule has 3 heteroatoms. The molecule has 0 aliphatic carbocycles. The summed E-state index contributed by atoms with van der Waals surface area (Å²) in [6.07, 6.45) is 0. The summed E-state index contributed by atoms with van der Waals surface area (Å²) in [7, 11) is 8.35. The molecule has 1 rings (SSSR count). The number of rotatable bonds is 3. The van der Waals surface area contributed by atoms with Gasteiger partial charge in [-0.1, -0.05) is 6.07 Å². The van der Waals surface area contributed by atoms with Gasteiger partial charge in [0.05, 0.1) is 0 Å². The fourth-order valence-electron chi connectivity index (χ4n) is 0.878. The molecule has 0 spiro atoms. The van der Waals surface area contributed by atoms with Crippen LogP contribution in [0, 0.1) is 6.92 Å². The summed E-state index contributed by atoms with van der Waals surface area (Å²) in [6.45, 7) is 6.01. The Hall–Kier alpha value is -0.393. The molecule has 0 saturated heterocycles. The first-order chi connectivity index (χ1) is 7.02. The van der Waals surface area contributed by atoms with E-state index in [4.69, 9.17) is 0 Å². The minimum atomic E-state index is 0. The SMILES string of the molecule is CN(C)CCN(C)C.[CH2-]c1ccccc1.[Li+]. The van der Waals surface area contributed by atoms with E-state index in [2.05, 4.69) is 44.9 Å². The third-order valence-electron chi connectivity index (χ3n) is 1.84. The van der Waals surface area contributed by atoms with Crippen LogP contribution in [0.4, 0.5) is 0 Å². The molecule has 0 bridgehead atoms. The Morgan fingerprint density at radius 1 is 0.875 bits per heavy atom. The maximum absolute atomic E-state index is 3.72. The van der Waals surface area contributed by atoms with Gasteiger partial charge in [-0.15, -0.1) is 12.1 Å². The minimum absolute atomic E-state index is 0. The van der Waals surface area contributed by atoms with Crippen molar-refractivity contribution in [2.24, 2.45) is 0 Å². The van der Waals surface area contributed by atoms with Crippen LogP contribution in [0.25, 0.3) is 0 Å². The Morgan fingerprint density at radius 3 is 1.44 bits per heavy atom. The fraction of sp³-hybridized carbons (Fsp3) is 0.462. The van der Waals surface area contributed by atoms with Gasteiger partial charge in [0.25, 0.3) is 0 Å². The van der Waals surface area contributed by atoms with Crippen molar-refractivity contribution in [3.05, 3.63) is 42.8 Å². The van der Waals surface area contributed by atoms with Gasteiger partial charge in [-0.3, -0.25) is 0 Å². The Bertz CT molecular complexity index is 227. The minimum Gasteiger partial charge on any atom is -0.308 e. The van der Waals surface area contributed by atoms with Gasteiger partial charge in [-0.25, -0.2) is 0 Å². The van der Waals surface area contributed by atoms with Crippen LogP contribution >= 0.6 is 0 Å². The summed E-state index contributed by atoms with van der Waals surface area (Å²) in [5.74, 6) is 0. The molecule has 0 aliphatic heterocycles. The second-order valence-electron chi connectivity index (χ2n) is 4.09. The van der Waals surface area contributed by atoms with E-state index in [1.165, 1.54) is 0 Å². The fourth-order valence-corrected chi connectivity index (χ4v) is 0.878. The normalized spacial score (nSPS) is 9.38. The van der Waals surface area contributed by atoms with Crippen LogP contribution in [-0.4, -0.2) is 51.1 Å². The van der Waals surface area contributed by atoms with E-state index in [1.807, 2.05) is 30.3 Å². The first-order valence-electron chi connectivity index (χ1n) is 5.19. The average molecular weight is 214 g/mol. The molecule has 0 heterocycles. The van der Waals surface area contributed by atoms with Crippen molar-refractivity contribution in [1.82, 2.24) is 9.80 Å². The van der Waals surface area contributed by atoms with Crippen LogP contribution in [0.2, 0.25) is 0 Å². The number of hydrogen-bond acceptors (Lipinski definition) is 2. The molecule has 0 aromatic heterocycles. The Balaban J connectivity index is 0. The number of nitrogens with zero attached hydrogens (tertiary/aromatic N) is 2.